The molecule has 0 aromatic rings. The monoisotopic (exact) mass is 248 g/mol. The fourth-order valence-electron chi connectivity index (χ4n) is 0.948. The van der Waals surface area contributed by atoms with Crippen molar-refractivity contribution in [1.29, 1.82) is 0 Å². The van der Waals surface area contributed by atoms with E-state index in [9.17, 15) is 8.78 Å². The third-order valence-electron chi connectivity index (χ3n) is 1.48. The molecule has 0 N–H and O–H groups in total. The summed E-state index contributed by atoms with van der Waals surface area (Å²) < 4.78 is 26.4. The number of hydrazone groups is 1. The molecule has 1 rings (SSSR count). The zero-order valence-corrected chi connectivity index (χ0v) is 8.48. The second-order valence-electron chi connectivity index (χ2n) is 2.34. The average Bonchev–Trinajstić information content (AvgIpc) is 2.07. The van der Waals surface area contributed by atoms with Crippen molar-refractivity contribution in [3.05, 3.63) is 34.1 Å². The third kappa shape index (κ3) is 1.85. The second kappa shape index (κ2) is 3.83. The van der Waals surface area contributed by atoms with Crippen molar-refractivity contribution in [2.75, 3.05) is 0 Å². The Morgan fingerprint density at radius 2 is 2.23 bits per heavy atom. The van der Waals surface area contributed by atoms with Crippen LogP contribution in [0, 0.1) is 0 Å². The van der Waals surface area contributed by atoms with E-state index in [1.807, 2.05) is 0 Å². The minimum atomic E-state index is -0.671. The Bertz CT molecular complexity index is 327. The minimum absolute atomic E-state index is 0.218. The van der Waals surface area contributed by atoms with Crippen molar-refractivity contribution in [3.8, 4) is 0 Å². The quantitative estimate of drug-likeness (QED) is 0.514. The molecule has 2 nitrogen and oxygen atoms in total. The molecule has 0 bridgehead atoms. The molecule has 1 aliphatic heterocycles. The van der Waals surface area contributed by atoms with E-state index in [0.717, 1.165) is 18.0 Å². The minimum Gasteiger partial charge on any atom is -0.222 e. The van der Waals surface area contributed by atoms with Crippen molar-refractivity contribution in [2.45, 2.75) is 6.92 Å². The van der Waals surface area contributed by atoms with Gasteiger partial charge in [0.15, 0.2) is 5.83 Å². The smallest absolute Gasteiger partial charge is 0.151 e. The van der Waals surface area contributed by atoms with Crippen LogP contribution < -0.4 is 0 Å². The van der Waals surface area contributed by atoms with Crippen LogP contribution in [0.5, 0.6) is 0 Å². The first-order chi connectivity index (χ1) is 6.07. The number of halogens is 3. The Morgan fingerprint density at radius 3 is 2.62 bits per heavy atom. The van der Waals surface area contributed by atoms with Gasteiger partial charge in [-0.25, -0.2) is 13.8 Å². The summed E-state index contributed by atoms with van der Waals surface area (Å²) in [6.07, 6.45) is 2.58. The van der Waals surface area contributed by atoms with Gasteiger partial charge in [0.25, 0.3) is 0 Å². The summed E-state index contributed by atoms with van der Waals surface area (Å²) in [4.78, 5) is 0. The summed E-state index contributed by atoms with van der Waals surface area (Å²) in [5.74, 6) is -1.32. The van der Waals surface area contributed by atoms with Gasteiger partial charge in [-0.2, -0.15) is 5.10 Å². The van der Waals surface area contributed by atoms with Crippen LogP contribution in [0.2, 0.25) is 0 Å². The van der Waals surface area contributed by atoms with E-state index >= 15 is 0 Å². The van der Waals surface area contributed by atoms with Crippen molar-refractivity contribution >= 4 is 22.6 Å². The topological polar surface area (TPSA) is 15.6 Å². The molecule has 0 aromatic heterocycles. The first-order valence-electron chi connectivity index (χ1n) is 3.44. The molecule has 0 radical (unpaired) electrons. The van der Waals surface area contributed by atoms with Gasteiger partial charge >= 0.3 is 0 Å². The lowest BCUT2D eigenvalue weighted by molar-refractivity contribution is 0.427. The maximum Gasteiger partial charge on any atom is 0.151 e. The largest absolute Gasteiger partial charge is 0.222 e. The second-order valence-corrected chi connectivity index (χ2v) is 3.15. The average molecular weight is 249 g/mol. The number of hydrogen-bond donors (Lipinski definition) is 0. The van der Waals surface area contributed by atoms with Crippen molar-refractivity contribution in [1.82, 2.24) is 5.01 Å². The summed E-state index contributed by atoms with van der Waals surface area (Å²) >= 11 is 3.09. The van der Waals surface area contributed by atoms with Crippen LogP contribution in [0.25, 0.3) is 0 Å². The standard InChI is InChI=1S/C8H7BrF2N2/c1-5(10)8-6(11)3-4-7(9)13(8)12-2/h3-4H,2H2,1H3/b8-5+. The molecule has 0 aromatic carbocycles. The zero-order valence-electron chi connectivity index (χ0n) is 6.89. The molecule has 0 aliphatic carbocycles. The van der Waals surface area contributed by atoms with E-state index in [1.165, 1.54) is 6.08 Å². The Labute approximate surface area is 83.0 Å². The van der Waals surface area contributed by atoms with Gasteiger partial charge in [0.05, 0.1) is 0 Å². The highest BCUT2D eigenvalue weighted by Crippen LogP contribution is 2.31. The number of allylic oxidation sites excluding steroid dienone is 4. The molecule has 1 heterocycles. The van der Waals surface area contributed by atoms with Gasteiger partial charge in [0.2, 0.25) is 0 Å². The molecule has 0 atom stereocenters. The van der Waals surface area contributed by atoms with E-state index in [0.29, 0.717) is 4.61 Å². The van der Waals surface area contributed by atoms with Gasteiger partial charge in [-0.05, 0) is 35.0 Å². The lowest BCUT2D eigenvalue weighted by atomic mass is 10.2. The van der Waals surface area contributed by atoms with Gasteiger partial charge in [0, 0.05) is 6.72 Å². The Kier molecular flexibility index (Phi) is 2.98. The van der Waals surface area contributed by atoms with Gasteiger partial charge in [-0.3, -0.25) is 0 Å². The van der Waals surface area contributed by atoms with Crippen LogP contribution in [0.4, 0.5) is 8.78 Å². The Hall–Kier alpha value is -0.970. The number of rotatable bonds is 1. The maximum atomic E-state index is 13.1. The van der Waals surface area contributed by atoms with Crippen LogP contribution in [0.15, 0.2) is 39.2 Å². The first kappa shape index (κ1) is 10.1. The molecule has 0 unspecified atom stereocenters. The lowest BCUT2D eigenvalue weighted by Crippen LogP contribution is -2.16. The maximum absolute atomic E-state index is 13.1. The third-order valence-corrected chi connectivity index (χ3v) is 2.08. The highest BCUT2D eigenvalue weighted by atomic mass is 79.9. The van der Waals surface area contributed by atoms with Crippen LogP contribution in [0.1, 0.15) is 6.92 Å². The Balaban J connectivity index is 3.23. The molecule has 0 saturated heterocycles. The van der Waals surface area contributed by atoms with E-state index in [-0.39, 0.29) is 5.70 Å². The predicted molar refractivity (Wildman–Crippen MR) is 51.4 cm³/mol. The highest BCUT2D eigenvalue weighted by molar-refractivity contribution is 9.11. The first-order valence-corrected chi connectivity index (χ1v) is 4.23. The van der Waals surface area contributed by atoms with Crippen molar-refractivity contribution in [2.24, 2.45) is 5.10 Å². The van der Waals surface area contributed by atoms with Crippen LogP contribution in [0.3, 0.4) is 0 Å². The van der Waals surface area contributed by atoms with Crippen LogP contribution in [-0.2, 0) is 0 Å². The molecule has 0 saturated carbocycles. The molecule has 0 amide bonds. The predicted octanol–water partition coefficient (Wildman–Crippen LogP) is 3.21. The van der Waals surface area contributed by atoms with Gasteiger partial charge in [-0.15, -0.1) is 0 Å². The van der Waals surface area contributed by atoms with Gasteiger partial charge < -0.3 is 0 Å². The fraction of sp³-hybridized carbons (Fsp3) is 0.125. The normalized spacial score (nSPS) is 20.8. The molecule has 13 heavy (non-hydrogen) atoms. The van der Waals surface area contributed by atoms with E-state index in [4.69, 9.17) is 0 Å². The summed E-state index contributed by atoms with van der Waals surface area (Å²) in [7, 11) is 0. The highest BCUT2D eigenvalue weighted by Gasteiger charge is 2.22. The summed E-state index contributed by atoms with van der Waals surface area (Å²) in [5, 5.41) is 4.52. The van der Waals surface area contributed by atoms with E-state index < -0.39 is 11.7 Å². The SMILES string of the molecule is C=NN1C(Br)=CC=C(F)/C1=C(/C)F. The molecular formula is C8H7BrF2N2. The number of hydrogen-bond acceptors (Lipinski definition) is 2. The van der Waals surface area contributed by atoms with Crippen molar-refractivity contribution < 1.29 is 8.78 Å². The van der Waals surface area contributed by atoms with Crippen molar-refractivity contribution in [3.63, 3.8) is 0 Å². The summed E-state index contributed by atoms with van der Waals surface area (Å²) in [6, 6.07) is 0. The van der Waals surface area contributed by atoms with Crippen LogP contribution >= 0.6 is 15.9 Å². The molecular weight excluding hydrogens is 242 g/mol. The lowest BCUT2D eigenvalue weighted by Gasteiger charge is -2.22. The molecule has 0 fully saturated rings. The number of nitrogens with zero attached hydrogens (tertiary/aromatic N) is 2. The molecule has 5 heteroatoms. The van der Waals surface area contributed by atoms with Gasteiger partial charge in [-0.1, -0.05) is 0 Å². The van der Waals surface area contributed by atoms with Gasteiger partial charge in [0.1, 0.15) is 16.1 Å². The molecule has 1 aliphatic rings. The molecule has 70 valence electrons. The van der Waals surface area contributed by atoms with E-state index in [2.05, 4.69) is 27.7 Å². The van der Waals surface area contributed by atoms with E-state index in [1.54, 1.807) is 0 Å². The summed E-state index contributed by atoms with van der Waals surface area (Å²) in [6.45, 7) is 4.37. The zero-order chi connectivity index (χ0) is 10.0. The summed E-state index contributed by atoms with van der Waals surface area (Å²) in [5.41, 5.74) is -0.218. The Morgan fingerprint density at radius 1 is 1.62 bits per heavy atom. The molecule has 0 spiro atoms. The van der Waals surface area contributed by atoms with Crippen LogP contribution in [-0.4, -0.2) is 11.7 Å². The fourth-order valence-corrected chi connectivity index (χ4v) is 1.37.